The molecule has 0 radical (unpaired) electrons. The van der Waals surface area contributed by atoms with Gasteiger partial charge in [0.2, 0.25) is 0 Å². The molecule has 5 heteroatoms. The van der Waals surface area contributed by atoms with Crippen molar-refractivity contribution in [3.8, 4) is 0 Å². The van der Waals surface area contributed by atoms with Crippen molar-refractivity contribution in [2.45, 2.75) is 13.2 Å². The van der Waals surface area contributed by atoms with E-state index in [0.717, 1.165) is 16.1 Å². The van der Waals surface area contributed by atoms with Crippen molar-refractivity contribution in [3.63, 3.8) is 0 Å². The van der Waals surface area contributed by atoms with Crippen molar-refractivity contribution < 1.29 is 9.52 Å². The third-order valence-electron chi connectivity index (χ3n) is 2.07. The predicted octanol–water partition coefficient (Wildman–Crippen LogP) is 2.54. The van der Waals surface area contributed by atoms with E-state index < -0.39 is 0 Å². The van der Waals surface area contributed by atoms with Crippen LogP contribution in [0.2, 0.25) is 0 Å². The van der Waals surface area contributed by atoms with Gasteiger partial charge >= 0.3 is 0 Å². The molecule has 0 aliphatic heterocycles. The molecular weight excluding hydrogens is 272 g/mol. The first kappa shape index (κ1) is 11.2. The molecular formula is C11H11BrN2O2. The molecule has 0 fully saturated rings. The van der Waals surface area contributed by atoms with Gasteiger partial charge in [-0.2, -0.15) is 0 Å². The summed E-state index contributed by atoms with van der Waals surface area (Å²) in [7, 11) is 0. The number of pyridine rings is 1. The molecule has 0 aliphatic carbocycles. The Balaban J connectivity index is 1.94. The molecule has 2 aromatic heterocycles. The fraction of sp³-hybridized carbons (Fsp3) is 0.182. The summed E-state index contributed by atoms with van der Waals surface area (Å²) in [6.45, 7) is 0.503. The van der Waals surface area contributed by atoms with Crippen LogP contribution in [-0.4, -0.2) is 10.1 Å². The smallest absolute Gasteiger partial charge is 0.129 e. The maximum atomic E-state index is 8.84. The average Bonchev–Trinajstić information content (AvgIpc) is 2.76. The van der Waals surface area contributed by atoms with E-state index >= 15 is 0 Å². The topological polar surface area (TPSA) is 58.3 Å². The second-order valence-electron chi connectivity index (χ2n) is 3.25. The molecule has 0 saturated carbocycles. The fourth-order valence-electron chi connectivity index (χ4n) is 1.27. The highest BCUT2D eigenvalue weighted by Crippen LogP contribution is 2.13. The van der Waals surface area contributed by atoms with Crippen molar-refractivity contribution in [3.05, 3.63) is 46.6 Å². The highest BCUT2D eigenvalue weighted by molar-refractivity contribution is 9.10. The molecule has 2 rings (SSSR count). The van der Waals surface area contributed by atoms with E-state index in [1.807, 2.05) is 18.2 Å². The monoisotopic (exact) mass is 282 g/mol. The van der Waals surface area contributed by atoms with E-state index in [-0.39, 0.29) is 6.61 Å². The summed E-state index contributed by atoms with van der Waals surface area (Å²) in [5.41, 5.74) is 0.921. The number of anilines is 1. The van der Waals surface area contributed by atoms with Crippen molar-refractivity contribution >= 4 is 21.6 Å². The molecule has 84 valence electrons. The lowest BCUT2D eigenvalue weighted by Gasteiger charge is -2.03. The molecule has 0 spiro atoms. The molecule has 0 bridgehead atoms. The predicted molar refractivity (Wildman–Crippen MR) is 63.9 cm³/mol. The van der Waals surface area contributed by atoms with Gasteiger partial charge in [-0.1, -0.05) is 0 Å². The van der Waals surface area contributed by atoms with Gasteiger partial charge < -0.3 is 14.8 Å². The number of hydrogen-bond acceptors (Lipinski definition) is 4. The van der Waals surface area contributed by atoms with Crippen LogP contribution in [0.15, 0.2) is 39.5 Å². The Morgan fingerprint density at radius 3 is 2.69 bits per heavy atom. The van der Waals surface area contributed by atoms with Crippen LogP contribution >= 0.6 is 15.9 Å². The van der Waals surface area contributed by atoms with Gasteiger partial charge in [0.15, 0.2) is 0 Å². The first-order chi connectivity index (χ1) is 7.78. The average molecular weight is 283 g/mol. The van der Waals surface area contributed by atoms with Gasteiger partial charge in [-0.25, -0.2) is 4.98 Å². The minimum atomic E-state index is -0.0696. The fourth-order valence-corrected chi connectivity index (χ4v) is 1.51. The quantitative estimate of drug-likeness (QED) is 0.847. The van der Waals surface area contributed by atoms with Crippen LogP contribution in [0.3, 0.4) is 0 Å². The van der Waals surface area contributed by atoms with Crippen LogP contribution in [-0.2, 0) is 13.2 Å². The molecule has 2 N–H and O–H groups in total. The number of halogens is 1. The number of nitrogens with zero attached hydrogens (tertiary/aromatic N) is 1. The summed E-state index contributed by atoms with van der Waals surface area (Å²) in [5, 5.41) is 12.0. The SMILES string of the molecule is OCc1ccc(CNc2ccc(Br)nc2)o1. The number of aliphatic hydroxyl groups excluding tert-OH is 1. The molecule has 2 heterocycles. The summed E-state index contributed by atoms with van der Waals surface area (Å²) in [6.07, 6.45) is 1.74. The van der Waals surface area contributed by atoms with Gasteiger partial charge in [-0.3, -0.25) is 0 Å². The number of aliphatic hydroxyl groups is 1. The molecule has 0 amide bonds. The highest BCUT2D eigenvalue weighted by Gasteiger charge is 2.00. The zero-order valence-electron chi connectivity index (χ0n) is 8.48. The Kier molecular flexibility index (Phi) is 3.58. The molecule has 16 heavy (non-hydrogen) atoms. The summed E-state index contributed by atoms with van der Waals surface area (Å²) < 4.78 is 6.14. The zero-order valence-corrected chi connectivity index (χ0v) is 10.1. The van der Waals surface area contributed by atoms with Crippen LogP contribution in [0.4, 0.5) is 5.69 Å². The van der Waals surface area contributed by atoms with Gasteiger partial charge in [0.25, 0.3) is 0 Å². The van der Waals surface area contributed by atoms with Crippen molar-refractivity contribution in [2.75, 3.05) is 5.32 Å². The third-order valence-corrected chi connectivity index (χ3v) is 2.54. The maximum absolute atomic E-state index is 8.84. The van der Waals surface area contributed by atoms with E-state index in [4.69, 9.17) is 9.52 Å². The van der Waals surface area contributed by atoms with Crippen LogP contribution in [0.1, 0.15) is 11.5 Å². The van der Waals surface area contributed by atoms with Gasteiger partial charge in [-0.15, -0.1) is 0 Å². The first-order valence-electron chi connectivity index (χ1n) is 4.82. The third kappa shape index (κ3) is 2.84. The van der Waals surface area contributed by atoms with Gasteiger partial charge in [-0.05, 0) is 40.2 Å². The molecule has 0 unspecified atom stereocenters. The van der Waals surface area contributed by atoms with E-state index in [9.17, 15) is 0 Å². The number of aromatic nitrogens is 1. The molecule has 0 atom stereocenters. The van der Waals surface area contributed by atoms with Crippen LogP contribution < -0.4 is 5.32 Å². The van der Waals surface area contributed by atoms with Crippen molar-refractivity contribution in [1.82, 2.24) is 4.98 Å². The lowest BCUT2D eigenvalue weighted by molar-refractivity contribution is 0.244. The Bertz CT molecular complexity index is 453. The van der Waals surface area contributed by atoms with Gasteiger partial charge in [0.1, 0.15) is 22.7 Å². The molecule has 0 aliphatic rings. The largest absolute Gasteiger partial charge is 0.462 e. The molecule has 0 saturated heterocycles. The minimum Gasteiger partial charge on any atom is -0.462 e. The second kappa shape index (κ2) is 5.14. The summed E-state index contributed by atoms with van der Waals surface area (Å²) in [4.78, 5) is 4.10. The summed E-state index contributed by atoms with van der Waals surface area (Å²) in [5.74, 6) is 1.36. The number of nitrogens with one attached hydrogen (secondary N) is 1. The minimum absolute atomic E-state index is 0.0696. The Morgan fingerprint density at radius 1 is 1.25 bits per heavy atom. The van der Waals surface area contributed by atoms with Crippen LogP contribution in [0.25, 0.3) is 0 Å². The Hall–Kier alpha value is -1.33. The van der Waals surface area contributed by atoms with E-state index in [1.54, 1.807) is 12.3 Å². The van der Waals surface area contributed by atoms with E-state index in [1.165, 1.54) is 0 Å². The van der Waals surface area contributed by atoms with E-state index in [2.05, 4.69) is 26.2 Å². The highest BCUT2D eigenvalue weighted by atomic mass is 79.9. The molecule has 0 aromatic carbocycles. The Morgan fingerprint density at radius 2 is 2.06 bits per heavy atom. The van der Waals surface area contributed by atoms with Gasteiger partial charge in [0.05, 0.1) is 18.4 Å². The first-order valence-corrected chi connectivity index (χ1v) is 5.61. The van der Waals surface area contributed by atoms with E-state index in [0.29, 0.717) is 12.3 Å². The lowest BCUT2D eigenvalue weighted by Crippen LogP contribution is -1.98. The van der Waals surface area contributed by atoms with Gasteiger partial charge in [0, 0.05) is 0 Å². The molecule has 2 aromatic rings. The number of hydrogen-bond donors (Lipinski definition) is 2. The Labute approximate surface area is 101 Å². The maximum Gasteiger partial charge on any atom is 0.129 e. The number of furan rings is 1. The number of rotatable bonds is 4. The normalized spacial score (nSPS) is 10.4. The van der Waals surface area contributed by atoms with Crippen molar-refractivity contribution in [2.24, 2.45) is 0 Å². The van der Waals surface area contributed by atoms with Crippen LogP contribution in [0, 0.1) is 0 Å². The summed E-state index contributed by atoms with van der Waals surface area (Å²) in [6, 6.07) is 7.39. The molecule has 4 nitrogen and oxygen atoms in total. The zero-order chi connectivity index (χ0) is 11.4. The van der Waals surface area contributed by atoms with Crippen LogP contribution in [0.5, 0.6) is 0 Å². The lowest BCUT2D eigenvalue weighted by atomic mass is 10.4. The standard InChI is InChI=1S/C11H11BrN2O2/c12-11-4-1-8(5-14-11)13-6-9-2-3-10(7-15)16-9/h1-5,13,15H,6-7H2. The van der Waals surface area contributed by atoms with Crippen molar-refractivity contribution in [1.29, 1.82) is 0 Å². The second-order valence-corrected chi connectivity index (χ2v) is 4.06. The summed E-state index contributed by atoms with van der Waals surface area (Å²) >= 11 is 3.27.